The van der Waals surface area contributed by atoms with Crippen molar-refractivity contribution in [1.82, 2.24) is 10.3 Å². The topological polar surface area (TPSA) is 80.3 Å². The maximum atomic E-state index is 12.0. The van der Waals surface area contributed by atoms with E-state index in [1.165, 1.54) is 0 Å². The van der Waals surface area contributed by atoms with E-state index in [1.54, 1.807) is 12.3 Å². The van der Waals surface area contributed by atoms with Crippen LogP contribution in [0.3, 0.4) is 0 Å². The van der Waals surface area contributed by atoms with Gasteiger partial charge in [-0.25, -0.2) is 4.79 Å². The molecule has 2 aromatic rings. The Kier molecular flexibility index (Phi) is 2.75. The van der Waals surface area contributed by atoms with Crippen LogP contribution < -0.4 is 10.6 Å². The molecule has 96 valence electrons. The van der Waals surface area contributed by atoms with Gasteiger partial charge in [0.1, 0.15) is 12.6 Å². The Bertz CT molecular complexity index is 651. The summed E-state index contributed by atoms with van der Waals surface area (Å²) in [4.78, 5) is 27.1. The first-order valence-electron chi connectivity index (χ1n) is 5.82. The maximum Gasteiger partial charge on any atom is 0.407 e. The van der Waals surface area contributed by atoms with Crippen molar-refractivity contribution in [1.29, 1.82) is 0 Å². The quantitative estimate of drug-likeness (QED) is 0.849. The number of cyclic esters (lactones) is 1. The first kappa shape index (κ1) is 11.5. The molecule has 2 N–H and O–H groups in total. The number of anilines is 1. The van der Waals surface area contributed by atoms with Gasteiger partial charge in [-0.15, -0.1) is 0 Å². The van der Waals surface area contributed by atoms with Gasteiger partial charge in [-0.3, -0.25) is 9.78 Å². The summed E-state index contributed by atoms with van der Waals surface area (Å²) >= 11 is 0. The van der Waals surface area contributed by atoms with Crippen LogP contribution in [-0.2, 0) is 9.53 Å². The molecule has 0 spiro atoms. The molecule has 1 aromatic carbocycles. The number of benzene rings is 1. The van der Waals surface area contributed by atoms with Gasteiger partial charge in [0.15, 0.2) is 0 Å². The lowest BCUT2D eigenvalue weighted by Gasteiger charge is -2.10. The van der Waals surface area contributed by atoms with Gasteiger partial charge in [0.25, 0.3) is 5.91 Å². The first-order chi connectivity index (χ1) is 9.24. The van der Waals surface area contributed by atoms with Crippen molar-refractivity contribution in [2.24, 2.45) is 0 Å². The summed E-state index contributed by atoms with van der Waals surface area (Å²) in [6.45, 7) is 0.0445. The van der Waals surface area contributed by atoms with Crippen LogP contribution in [0.1, 0.15) is 0 Å². The van der Waals surface area contributed by atoms with Crippen molar-refractivity contribution < 1.29 is 14.3 Å². The van der Waals surface area contributed by atoms with Crippen LogP contribution in [0, 0.1) is 0 Å². The lowest BCUT2D eigenvalue weighted by molar-refractivity contribution is -0.117. The standard InChI is InChI=1S/C13H11N3O3/c17-12(10-7-19-13(18)16-10)15-9-5-1-3-8-4-2-6-14-11(8)9/h1-6,10H,7H2,(H,15,17)(H,16,18). The van der Waals surface area contributed by atoms with Crippen LogP contribution in [0.15, 0.2) is 36.5 Å². The number of rotatable bonds is 2. The number of fused-ring (bicyclic) bond motifs is 1. The number of alkyl carbamates (subject to hydrolysis) is 1. The zero-order chi connectivity index (χ0) is 13.2. The fourth-order valence-electron chi connectivity index (χ4n) is 1.95. The molecule has 19 heavy (non-hydrogen) atoms. The highest BCUT2D eigenvalue weighted by molar-refractivity contribution is 6.03. The molecule has 1 aliphatic rings. The van der Waals surface area contributed by atoms with Gasteiger partial charge in [0.05, 0.1) is 11.2 Å². The van der Waals surface area contributed by atoms with Crippen LogP contribution in [0.25, 0.3) is 10.9 Å². The van der Waals surface area contributed by atoms with Gasteiger partial charge in [0.2, 0.25) is 0 Å². The third-order valence-corrected chi connectivity index (χ3v) is 2.88. The zero-order valence-corrected chi connectivity index (χ0v) is 9.92. The maximum absolute atomic E-state index is 12.0. The highest BCUT2D eigenvalue weighted by Crippen LogP contribution is 2.20. The number of amides is 2. The van der Waals surface area contributed by atoms with Gasteiger partial charge >= 0.3 is 6.09 Å². The number of carbonyl (C=O) groups is 2. The van der Waals surface area contributed by atoms with E-state index in [4.69, 9.17) is 0 Å². The Morgan fingerprint density at radius 2 is 2.21 bits per heavy atom. The first-order valence-corrected chi connectivity index (χ1v) is 5.82. The summed E-state index contributed by atoms with van der Waals surface area (Å²) in [5.41, 5.74) is 1.33. The second-order valence-corrected chi connectivity index (χ2v) is 4.17. The van der Waals surface area contributed by atoms with Gasteiger partial charge < -0.3 is 15.4 Å². The third kappa shape index (κ3) is 2.20. The number of pyridine rings is 1. The van der Waals surface area contributed by atoms with Crippen molar-refractivity contribution in [3.05, 3.63) is 36.5 Å². The molecule has 3 rings (SSSR count). The lowest BCUT2D eigenvalue weighted by atomic mass is 10.2. The largest absolute Gasteiger partial charge is 0.447 e. The van der Waals surface area contributed by atoms with Crippen LogP contribution in [0.4, 0.5) is 10.5 Å². The molecule has 1 atom stereocenters. The summed E-state index contributed by atoms with van der Waals surface area (Å²) in [7, 11) is 0. The average molecular weight is 257 g/mol. The number of ether oxygens (including phenoxy) is 1. The molecule has 1 aromatic heterocycles. The molecule has 2 heterocycles. The number of para-hydroxylation sites is 1. The molecule has 0 radical (unpaired) electrons. The number of nitrogens with zero attached hydrogens (tertiary/aromatic N) is 1. The van der Waals surface area contributed by atoms with E-state index in [2.05, 4.69) is 20.4 Å². The third-order valence-electron chi connectivity index (χ3n) is 2.88. The molecule has 1 unspecified atom stereocenters. The average Bonchev–Trinajstić information content (AvgIpc) is 2.86. The summed E-state index contributed by atoms with van der Waals surface area (Å²) < 4.78 is 4.69. The molecule has 1 fully saturated rings. The van der Waals surface area contributed by atoms with Gasteiger partial charge in [-0.1, -0.05) is 18.2 Å². The van der Waals surface area contributed by atoms with E-state index in [0.29, 0.717) is 11.2 Å². The molecular weight excluding hydrogens is 246 g/mol. The van der Waals surface area contributed by atoms with Gasteiger partial charge in [0, 0.05) is 11.6 Å². The predicted octanol–water partition coefficient (Wildman–Crippen LogP) is 1.28. The summed E-state index contributed by atoms with van der Waals surface area (Å²) in [5, 5.41) is 6.12. The Hall–Kier alpha value is -2.63. The molecule has 2 amide bonds. The smallest absolute Gasteiger partial charge is 0.407 e. The molecule has 0 saturated carbocycles. The summed E-state index contributed by atoms with van der Waals surface area (Å²) in [6.07, 6.45) is 1.09. The van der Waals surface area contributed by atoms with E-state index < -0.39 is 12.1 Å². The molecular formula is C13H11N3O3. The number of hydrogen-bond donors (Lipinski definition) is 2. The molecule has 0 aliphatic carbocycles. The molecule has 6 nitrogen and oxygen atoms in total. The lowest BCUT2D eigenvalue weighted by Crippen LogP contribution is -2.38. The van der Waals surface area contributed by atoms with Crippen molar-refractivity contribution in [3.8, 4) is 0 Å². The van der Waals surface area contributed by atoms with Crippen LogP contribution in [0.5, 0.6) is 0 Å². The molecule has 1 aliphatic heterocycles. The minimum Gasteiger partial charge on any atom is -0.447 e. The monoisotopic (exact) mass is 257 g/mol. The number of nitrogens with one attached hydrogen (secondary N) is 2. The molecule has 1 saturated heterocycles. The zero-order valence-electron chi connectivity index (χ0n) is 9.92. The highest BCUT2D eigenvalue weighted by Gasteiger charge is 2.29. The van der Waals surface area contributed by atoms with E-state index in [0.717, 1.165) is 5.39 Å². The van der Waals surface area contributed by atoms with Crippen molar-refractivity contribution >= 4 is 28.6 Å². The highest BCUT2D eigenvalue weighted by atomic mass is 16.6. The van der Waals surface area contributed by atoms with E-state index in [1.807, 2.05) is 24.3 Å². The van der Waals surface area contributed by atoms with Gasteiger partial charge in [-0.2, -0.15) is 0 Å². The number of aromatic nitrogens is 1. The Morgan fingerprint density at radius 1 is 1.37 bits per heavy atom. The fraction of sp³-hybridized carbons (Fsp3) is 0.154. The minimum atomic E-state index is -0.661. The second-order valence-electron chi connectivity index (χ2n) is 4.17. The van der Waals surface area contributed by atoms with Crippen molar-refractivity contribution in [2.45, 2.75) is 6.04 Å². The van der Waals surface area contributed by atoms with E-state index >= 15 is 0 Å². The summed E-state index contributed by atoms with van der Waals surface area (Å²) in [6, 6.07) is 8.61. The van der Waals surface area contributed by atoms with E-state index in [-0.39, 0.29) is 12.5 Å². The van der Waals surface area contributed by atoms with Gasteiger partial charge in [-0.05, 0) is 12.1 Å². The van der Waals surface area contributed by atoms with Crippen LogP contribution in [-0.4, -0.2) is 29.6 Å². The predicted molar refractivity (Wildman–Crippen MR) is 68.6 cm³/mol. The van der Waals surface area contributed by atoms with Crippen LogP contribution >= 0.6 is 0 Å². The molecule has 0 bridgehead atoms. The Labute approximate surface area is 108 Å². The Morgan fingerprint density at radius 3 is 3.00 bits per heavy atom. The van der Waals surface area contributed by atoms with Crippen molar-refractivity contribution in [2.75, 3.05) is 11.9 Å². The summed E-state index contributed by atoms with van der Waals surface area (Å²) in [5.74, 6) is -0.316. The number of hydrogen-bond acceptors (Lipinski definition) is 4. The normalized spacial score (nSPS) is 17.9. The van der Waals surface area contributed by atoms with Crippen LogP contribution in [0.2, 0.25) is 0 Å². The fourth-order valence-corrected chi connectivity index (χ4v) is 1.95. The second kappa shape index (κ2) is 4.56. The van der Waals surface area contributed by atoms with E-state index in [9.17, 15) is 9.59 Å². The minimum absolute atomic E-state index is 0.0445. The molecule has 6 heteroatoms. The number of carbonyl (C=O) groups excluding carboxylic acids is 2. The Balaban J connectivity index is 1.85. The SMILES string of the molecule is O=C1NC(C(=O)Nc2cccc3cccnc23)CO1. The van der Waals surface area contributed by atoms with Crippen molar-refractivity contribution in [3.63, 3.8) is 0 Å².